The predicted molar refractivity (Wildman–Crippen MR) is 130 cm³/mol. The Hall–Kier alpha value is -2.74. The molecule has 0 aliphatic carbocycles. The molecular weight excluding hydrogens is 368 g/mol. The van der Waals surface area contributed by atoms with Gasteiger partial charge in [0.15, 0.2) is 0 Å². The molecule has 0 saturated heterocycles. The first-order chi connectivity index (χ1) is 14.7. The van der Waals surface area contributed by atoms with E-state index in [1.807, 2.05) is 12.2 Å². The smallest absolute Gasteiger partial charge is 0.135 e. The van der Waals surface area contributed by atoms with Gasteiger partial charge in [-0.3, -0.25) is 0 Å². The Bertz CT molecular complexity index is 934. The average molecular weight is 403 g/mol. The van der Waals surface area contributed by atoms with Crippen LogP contribution >= 0.6 is 0 Å². The molecule has 0 radical (unpaired) electrons. The van der Waals surface area contributed by atoms with Gasteiger partial charge in [0.1, 0.15) is 11.5 Å². The van der Waals surface area contributed by atoms with Gasteiger partial charge in [-0.25, -0.2) is 0 Å². The fraction of sp³-hybridized carbons (Fsp3) is 0.357. The molecule has 0 aromatic heterocycles. The lowest BCUT2D eigenvalue weighted by molar-refractivity contribution is 0.309. The van der Waals surface area contributed by atoms with Crippen LogP contribution in [0.15, 0.2) is 61.7 Å². The van der Waals surface area contributed by atoms with E-state index >= 15 is 0 Å². The maximum Gasteiger partial charge on any atom is 0.135 e. The summed E-state index contributed by atoms with van der Waals surface area (Å²) < 4.78 is 12.8. The molecule has 30 heavy (non-hydrogen) atoms. The molecule has 0 aliphatic rings. The maximum atomic E-state index is 6.39. The molecule has 3 rings (SSSR count). The largest absolute Gasteiger partial charge is 0.492 e. The Balaban J connectivity index is 2.04. The highest BCUT2D eigenvalue weighted by molar-refractivity contribution is 6.11. The van der Waals surface area contributed by atoms with Crippen LogP contribution in [0.5, 0.6) is 11.5 Å². The van der Waals surface area contributed by atoms with Crippen LogP contribution in [-0.2, 0) is 0 Å². The van der Waals surface area contributed by atoms with Gasteiger partial charge in [0, 0.05) is 21.5 Å². The number of rotatable bonds is 12. The second-order valence-electron chi connectivity index (χ2n) is 7.95. The fourth-order valence-electron chi connectivity index (χ4n) is 3.80. The van der Waals surface area contributed by atoms with E-state index in [4.69, 9.17) is 9.47 Å². The summed E-state index contributed by atoms with van der Waals surface area (Å²) in [6.07, 6.45) is 10.2. The fourth-order valence-corrected chi connectivity index (χ4v) is 3.80. The molecule has 0 unspecified atom stereocenters. The third-order valence-corrected chi connectivity index (χ3v) is 5.64. The van der Waals surface area contributed by atoms with Crippen LogP contribution in [0.2, 0.25) is 0 Å². The van der Waals surface area contributed by atoms with Crippen LogP contribution in [-0.4, -0.2) is 13.2 Å². The minimum Gasteiger partial charge on any atom is -0.492 e. The van der Waals surface area contributed by atoms with Crippen LogP contribution in [0.1, 0.15) is 49.7 Å². The topological polar surface area (TPSA) is 18.5 Å². The highest BCUT2D eigenvalue weighted by Gasteiger charge is 2.17. The molecule has 0 amide bonds. The van der Waals surface area contributed by atoms with Crippen LogP contribution < -0.4 is 9.47 Å². The highest BCUT2D eigenvalue weighted by Crippen LogP contribution is 2.43. The summed E-state index contributed by atoms with van der Waals surface area (Å²) >= 11 is 0. The van der Waals surface area contributed by atoms with Gasteiger partial charge < -0.3 is 9.47 Å². The predicted octanol–water partition coefficient (Wildman–Crippen LogP) is 8.08. The molecular formula is C28H34O2. The van der Waals surface area contributed by atoms with Crippen molar-refractivity contribution in [2.24, 2.45) is 0 Å². The monoisotopic (exact) mass is 402 g/mol. The Morgan fingerprint density at radius 1 is 0.667 bits per heavy atom. The van der Waals surface area contributed by atoms with Gasteiger partial charge in [-0.05, 0) is 75.6 Å². The lowest BCUT2D eigenvalue weighted by atomic mass is 9.96. The first kappa shape index (κ1) is 22.0. The van der Waals surface area contributed by atoms with Crippen molar-refractivity contribution < 1.29 is 9.47 Å². The number of unbranched alkanes of at least 4 members (excludes halogenated alkanes) is 4. The van der Waals surface area contributed by atoms with E-state index in [0.29, 0.717) is 13.2 Å². The molecule has 0 heterocycles. The SMILES string of the molecule is C=CCCCCOc1c2ccccc2c(OCCCCC=C)c2cc(C)c(C)cc12. The number of ether oxygens (including phenoxy) is 2. The zero-order chi connectivity index (χ0) is 21.3. The third-order valence-electron chi connectivity index (χ3n) is 5.64. The number of hydrogen-bond donors (Lipinski definition) is 0. The number of hydrogen-bond acceptors (Lipinski definition) is 2. The molecule has 0 aliphatic heterocycles. The standard InChI is InChI=1S/C28H34O2/c1-5-7-9-13-17-29-27-23-15-11-12-16-24(23)28(30-18-14-10-8-6-2)26-20-22(4)21(3)19-25(26)27/h5-6,11-12,15-16,19-20H,1-2,7-10,13-14,17-18H2,3-4H3. The van der Waals surface area contributed by atoms with E-state index in [2.05, 4.69) is 63.4 Å². The summed E-state index contributed by atoms with van der Waals surface area (Å²) in [5.41, 5.74) is 2.54. The van der Waals surface area contributed by atoms with Gasteiger partial charge in [0.2, 0.25) is 0 Å². The average Bonchev–Trinajstić information content (AvgIpc) is 2.75. The Labute approximate surface area is 181 Å². The van der Waals surface area contributed by atoms with Crippen molar-refractivity contribution in [1.29, 1.82) is 0 Å². The summed E-state index contributed by atoms with van der Waals surface area (Å²) in [5, 5.41) is 4.53. The Morgan fingerprint density at radius 2 is 1.10 bits per heavy atom. The van der Waals surface area contributed by atoms with E-state index < -0.39 is 0 Å². The molecule has 0 spiro atoms. The molecule has 0 fully saturated rings. The van der Waals surface area contributed by atoms with Crippen molar-refractivity contribution in [3.63, 3.8) is 0 Å². The molecule has 3 aromatic rings. The minimum absolute atomic E-state index is 0.710. The van der Waals surface area contributed by atoms with Crippen molar-refractivity contribution >= 4 is 21.5 Å². The van der Waals surface area contributed by atoms with Gasteiger partial charge in [-0.15, -0.1) is 13.2 Å². The molecule has 3 aromatic carbocycles. The summed E-state index contributed by atoms with van der Waals surface area (Å²) in [4.78, 5) is 0. The van der Waals surface area contributed by atoms with Gasteiger partial charge >= 0.3 is 0 Å². The maximum absolute atomic E-state index is 6.39. The van der Waals surface area contributed by atoms with Crippen molar-refractivity contribution in [2.45, 2.75) is 52.4 Å². The van der Waals surface area contributed by atoms with Crippen LogP contribution in [0.3, 0.4) is 0 Å². The van der Waals surface area contributed by atoms with Gasteiger partial charge in [-0.1, -0.05) is 36.4 Å². The van der Waals surface area contributed by atoms with Gasteiger partial charge in [0.25, 0.3) is 0 Å². The molecule has 2 heteroatoms. The first-order valence-corrected chi connectivity index (χ1v) is 11.1. The van der Waals surface area contributed by atoms with Gasteiger partial charge in [-0.2, -0.15) is 0 Å². The van der Waals surface area contributed by atoms with Crippen LogP contribution in [0.25, 0.3) is 21.5 Å². The number of fused-ring (bicyclic) bond motifs is 2. The number of benzene rings is 3. The van der Waals surface area contributed by atoms with Crippen molar-refractivity contribution in [2.75, 3.05) is 13.2 Å². The quantitative estimate of drug-likeness (QED) is 0.173. The lowest BCUT2D eigenvalue weighted by Gasteiger charge is -2.19. The molecule has 0 N–H and O–H groups in total. The van der Waals surface area contributed by atoms with Gasteiger partial charge in [0.05, 0.1) is 13.2 Å². The number of allylic oxidation sites excluding steroid dienone is 2. The first-order valence-electron chi connectivity index (χ1n) is 11.1. The van der Waals surface area contributed by atoms with E-state index in [9.17, 15) is 0 Å². The summed E-state index contributed by atoms with van der Waals surface area (Å²) in [5.74, 6) is 1.95. The molecule has 0 atom stereocenters. The van der Waals surface area contributed by atoms with Crippen molar-refractivity contribution in [1.82, 2.24) is 0 Å². The Morgan fingerprint density at radius 3 is 1.50 bits per heavy atom. The minimum atomic E-state index is 0.710. The van der Waals surface area contributed by atoms with E-state index in [-0.39, 0.29) is 0 Å². The Kier molecular flexibility index (Phi) is 7.96. The van der Waals surface area contributed by atoms with Crippen molar-refractivity contribution in [3.8, 4) is 11.5 Å². The van der Waals surface area contributed by atoms with Crippen LogP contribution in [0.4, 0.5) is 0 Å². The third kappa shape index (κ3) is 5.05. The normalized spacial score (nSPS) is 11.0. The molecule has 2 nitrogen and oxygen atoms in total. The summed E-state index contributed by atoms with van der Waals surface area (Å²) in [6, 6.07) is 12.9. The molecule has 158 valence electrons. The summed E-state index contributed by atoms with van der Waals surface area (Å²) in [7, 11) is 0. The van der Waals surface area contributed by atoms with E-state index in [1.165, 1.54) is 11.1 Å². The molecule has 0 bridgehead atoms. The van der Waals surface area contributed by atoms with E-state index in [0.717, 1.165) is 71.6 Å². The van der Waals surface area contributed by atoms with E-state index in [1.54, 1.807) is 0 Å². The summed E-state index contributed by atoms with van der Waals surface area (Å²) in [6.45, 7) is 13.4. The highest BCUT2D eigenvalue weighted by atomic mass is 16.5. The molecule has 0 saturated carbocycles. The van der Waals surface area contributed by atoms with Crippen LogP contribution in [0, 0.1) is 13.8 Å². The lowest BCUT2D eigenvalue weighted by Crippen LogP contribution is -2.03. The second kappa shape index (κ2) is 10.9. The van der Waals surface area contributed by atoms with Crippen molar-refractivity contribution in [3.05, 3.63) is 72.8 Å². The zero-order valence-corrected chi connectivity index (χ0v) is 18.5. The second-order valence-corrected chi connectivity index (χ2v) is 7.95. The number of aryl methyl sites for hydroxylation is 2. The zero-order valence-electron chi connectivity index (χ0n) is 18.5.